The smallest absolute Gasteiger partial charge is 0.325 e. The number of aliphatic carboxylic acids is 1. The second-order valence-electron chi connectivity index (χ2n) is 4.07. The van der Waals surface area contributed by atoms with E-state index < -0.39 is 17.9 Å². The topological polar surface area (TPSA) is 83.5 Å². The van der Waals surface area contributed by atoms with Gasteiger partial charge < -0.3 is 10.4 Å². The number of amides is 1. The first-order valence-electron chi connectivity index (χ1n) is 5.48. The van der Waals surface area contributed by atoms with Crippen molar-refractivity contribution in [3.63, 3.8) is 0 Å². The van der Waals surface area contributed by atoms with Crippen molar-refractivity contribution in [1.29, 1.82) is 0 Å². The maximum absolute atomic E-state index is 11.9. The van der Waals surface area contributed by atoms with E-state index in [1.807, 2.05) is 0 Å². The first kappa shape index (κ1) is 13.9. The molecular formula is C13H15NO4. The predicted octanol–water partition coefficient (Wildman–Crippen LogP) is 1.40. The lowest BCUT2D eigenvalue weighted by molar-refractivity contribution is -0.138. The van der Waals surface area contributed by atoms with Crippen LogP contribution in [0.3, 0.4) is 0 Å². The van der Waals surface area contributed by atoms with Crippen LogP contribution in [0.2, 0.25) is 0 Å². The van der Waals surface area contributed by atoms with E-state index in [2.05, 4.69) is 5.32 Å². The number of carbonyl (C=O) groups is 3. The summed E-state index contributed by atoms with van der Waals surface area (Å²) in [7, 11) is 0. The van der Waals surface area contributed by atoms with Crippen LogP contribution in [-0.2, 0) is 4.79 Å². The first-order chi connectivity index (χ1) is 8.34. The largest absolute Gasteiger partial charge is 0.480 e. The minimum atomic E-state index is -1.11. The molecule has 0 saturated heterocycles. The number of nitrogens with one attached hydrogen (secondary N) is 1. The Morgan fingerprint density at radius 2 is 1.78 bits per heavy atom. The molecule has 1 aromatic rings. The van der Waals surface area contributed by atoms with Crippen LogP contribution in [0.1, 0.15) is 40.1 Å². The van der Waals surface area contributed by atoms with E-state index in [1.165, 1.54) is 13.8 Å². The van der Waals surface area contributed by atoms with Crippen molar-refractivity contribution < 1.29 is 19.5 Å². The fourth-order valence-electron chi connectivity index (χ4n) is 1.60. The van der Waals surface area contributed by atoms with Crippen molar-refractivity contribution in [3.05, 3.63) is 34.9 Å². The molecule has 96 valence electrons. The summed E-state index contributed by atoms with van der Waals surface area (Å²) in [4.78, 5) is 33.9. The fraction of sp³-hybridized carbons (Fsp3) is 0.308. The highest BCUT2D eigenvalue weighted by molar-refractivity contribution is 6.02. The molecule has 1 unspecified atom stereocenters. The summed E-state index contributed by atoms with van der Waals surface area (Å²) in [6.07, 6.45) is 0. The zero-order valence-electron chi connectivity index (χ0n) is 10.5. The van der Waals surface area contributed by atoms with Crippen LogP contribution in [0, 0.1) is 6.92 Å². The average Bonchev–Trinajstić information content (AvgIpc) is 2.28. The highest BCUT2D eigenvalue weighted by Crippen LogP contribution is 2.14. The zero-order valence-corrected chi connectivity index (χ0v) is 10.5. The highest BCUT2D eigenvalue weighted by Gasteiger charge is 2.18. The molecule has 1 amide bonds. The van der Waals surface area contributed by atoms with E-state index in [-0.39, 0.29) is 5.78 Å². The molecule has 0 heterocycles. The van der Waals surface area contributed by atoms with Crippen molar-refractivity contribution in [1.82, 2.24) is 5.32 Å². The standard InChI is InChI=1S/C13H15NO4/c1-7-10(9(3)15)5-4-6-11(7)12(16)14-8(2)13(17)18/h4-6,8H,1-3H3,(H,14,16)(H,17,18). The summed E-state index contributed by atoms with van der Waals surface area (Å²) in [6, 6.07) is 3.82. The number of carbonyl (C=O) groups excluding carboxylic acids is 2. The lowest BCUT2D eigenvalue weighted by Crippen LogP contribution is -2.38. The molecule has 1 rings (SSSR count). The van der Waals surface area contributed by atoms with Crippen molar-refractivity contribution in [2.75, 3.05) is 0 Å². The summed E-state index contributed by atoms with van der Waals surface area (Å²) in [6.45, 7) is 4.46. The van der Waals surface area contributed by atoms with Crippen LogP contribution in [0.4, 0.5) is 0 Å². The predicted molar refractivity (Wildman–Crippen MR) is 65.7 cm³/mol. The number of rotatable bonds is 4. The summed E-state index contributed by atoms with van der Waals surface area (Å²) < 4.78 is 0. The molecular weight excluding hydrogens is 234 g/mol. The summed E-state index contributed by atoms with van der Waals surface area (Å²) in [5, 5.41) is 11.1. The highest BCUT2D eigenvalue weighted by atomic mass is 16.4. The van der Waals surface area contributed by atoms with Crippen LogP contribution in [-0.4, -0.2) is 28.8 Å². The third-order valence-electron chi connectivity index (χ3n) is 2.68. The van der Waals surface area contributed by atoms with Gasteiger partial charge >= 0.3 is 5.97 Å². The SMILES string of the molecule is CC(=O)c1cccc(C(=O)NC(C)C(=O)O)c1C. The molecule has 18 heavy (non-hydrogen) atoms. The zero-order chi connectivity index (χ0) is 13.9. The molecule has 0 saturated carbocycles. The van der Waals surface area contributed by atoms with Gasteiger partial charge in [-0.2, -0.15) is 0 Å². The summed E-state index contributed by atoms with van der Waals surface area (Å²) in [5.74, 6) is -1.73. The second-order valence-corrected chi connectivity index (χ2v) is 4.07. The number of Topliss-reactive ketones (excluding diaryl/α,β-unsaturated/α-hetero) is 1. The maximum atomic E-state index is 11.9. The van der Waals surface area contributed by atoms with Crippen LogP contribution < -0.4 is 5.32 Å². The molecule has 1 aromatic carbocycles. The molecule has 0 aromatic heterocycles. The van der Waals surface area contributed by atoms with Crippen molar-refractivity contribution in [2.45, 2.75) is 26.8 Å². The monoisotopic (exact) mass is 249 g/mol. The second kappa shape index (κ2) is 5.44. The Hall–Kier alpha value is -2.17. The van der Waals surface area contributed by atoms with Crippen LogP contribution in [0.25, 0.3) is 0 Å². The van der Waals surface area contributed by atoms with Gasteiger partial charge in [-0.25, -0.2) is 0 Å². The molecule has 0 aliphatic carbocycles. The molecule has 0 aliphatic rings. The minimum absolute atomic E-state index is 0.131. The van der Waals surface area contributed by atoms with Gasteiger partial charge in [0.1, 0.15) is 6.04 Å². The van der Waals surface area contributed by atoms with E-state index in [1.54, 1.807) is 25.1 Å². The van der Waals surface area contributed by atoms with Gasteiger partial charge in [0.25, 0.3) is 5.91 Å². The Labute approximate surface area is 105 Å². The normalized spacial score (nSPS) is 11.7. The van der Waals surface area contributed by atoms with Gasteiger partial charge in [0.2, 0.25) is 0 Å². The summed E-state index contributed by atoms with van der Waals surface area (Å²) in [5.41, 5.74) is 1.33. The minimum Gasteiger partial charge on any atom is -0.480 e. The molecule has 1 atom stereocenters. The fourth-order valence-corrected chi connectivity index (χ4v) is 1.60. The van der Waals surface area contributed by atoms with Gasteiger partial charge in [-0.05, 0) is 32.4 Å². The Morgan fingerprint density at radius 3 is 2.28 bits per heavy atom. The molecule has 5 heteroatoms. The van der Waals surface area contributed by atoms with Gasteiger partial charge in [-0.3, -0.25) is 14.4 Å². The Kier molecular flexibility index (Phi) is 4.20. The van der Waals surface area contributed by atoms with E-state index >= 15 is 0 Å². The van der Waals surface area contributed by atoms with E-state index in [0.29, 0.717) is 16.7 Å². The average molecular weight is 249 g/mol. The third kappa shape index (κ3) is 2.94. The van der Waals surface area contributed by atoms with E-state index in [9.17, 15) is 14.4 Å². The number of carboxylic acid groups (broad SMARTS) is 1. The quantitative estimate of drug-likeness (QED) is 0.790. The lowest BCUT2D eigenvalue weighted by atomic mass is 9.99. The molecule has 0 fully saturated rings. The van der Waals surface area contributed by atoms with Crippen molar-refractivity contribution in [3.8, 4) is 0 Å². The Morgan fingerprint density at radius 1 is 1.22 bits per heavy atom. The van der Waals surface area contributed by atoms with Crippen LogP contribution >= 0.6 is 0 Å². The van der Waals surface area contributed by atoms with Crippen LogP contribution in [0.5, 0.6) is 0 Å². The lowest BCUT2D eigenvalue weighted by Gasteiger charge is -2.12. The molecule has 0 bridgehead atoms. The van der Waals surface area contributed by atoms with Gasteiger partial charge in [-0.1, -0.05) is 12.1 Å². The number of ketones is 1. The van der Waals surface area contributed by atoms with Crippen molar-refractivity contribution >= 4 is 17.7 Å². The molecule has 0 aliphatic heterocycles. The molecule has 5 nitrogen and oxygen atoms in total. The van der Waals surface area contributed by atoms with Gasteiger partial charge in [0.15, 0.2) is 5.78 Å². The molecule has 0 radical (unpaired) electrons. The van der Waals surface area contributed by atoms with Gasteiger partial charge in [0, 0.05) is 11.1 Å². The summed E-state index contributed by atoms with van der Waals surface area (Å²) >= 11 is 0. The first-order valence-corrected chi connectivity index (χ1v) is 5.48. The molecule has 2 N–H and O–H groups in total. The number of benzene rings is 1. The Bertz CT molecular complexity index is 508. The van der Waals surface area contributed by atoms with Gasteiger partial charge in [0.05, 0.1) is 0 Å². The maximum Gasteiger partial charge on any atom is 0.325 e. The number of carboxylic acids is 1. The number of hydrogen-bond acceptors (Lipinski definition) is 3. The van der Waals surface area contributed by atoms with E-state index in [0.717, 1.165) is 0 Å². The third-order valence-corrected chi connectivity index (χ3v) is 2.68. The van der Waals surface area contributed by atoms with Gasteiger partial charge in [-0.15, -0.1) is 0 Å². The number of hydrogen-bond donors (Lipinski definition) is 2. The van der Waals surface area contributed by atoms with Crippen LogP contribution in [0.15, 0.2) is 18.2 Å². The molecule has 0 spiro atoms. The Balaban J connectivity index is 3.04. The van der Waals surface area contributed by atoms with E-state index in [4.69, 9.17) is 5.11 Å². The van der Waals surface area contributed by atoms with Crippen molar-refractivity contribution in [2.24, 2.45) is 0 Å².